The fourth-order valence-corrected chi connectivity index (χ4v) is 3.55. The van der Waals surface area contributed by atoms with Gasteiger partial charge in [0.25, 0.3) is 0 Å². The number of ether oxygens (including phenoxy) is 2. The van der Waals surface area contributed by atoms with Gasteiger partial charge >= 0.3 is 0 Å². The first-order valence-electron chi connectivity index (χ1n) is 10.8. The number of carbonyl (C=O) groups excluding carboxylic acids is 1. The zero-order chi connectivity index (χ0) is 23.9. The Morgan fingerprint density at radius 1 is 1.09 bits per heavy atom. The van der Waals surface area contributed by atoms with Gasteiger partial charge in [0, 0.05) is 6.08 Å². The third-order valence-electron chi connectivity index (χ3n) is 5.42. The highest BCUT2D eigenvalue weighted by atomic mass is 16.5. The second kappa shape index (κ2) is 10.6. The molecule has 4 aromatic rings. The number of methoxy groups -OCH3 is 1. The van der Waals surface area contributed by atoms with E-state index < -0.39 is 0 Å². The summed E-state index contributed by atoms with van der Waals surface area (Å²) in [5, 5.41) is 6.94. The molecule has 2 heterocycles. The van der Waals surface area contributed by atoms with Gasteiger partial charge in [0.2, 0.25) is 5.91 Å². The topological polar surface area (TPSA) is 86.7 Å². The molecule has 0 spiro atoms. The van der Waals surface area contributed by atoms with Crippen molar-refractivity contribution in [3.8, 4) is 11.5 Å². The van der Waals surface area contributed by atoms with Crippen molar-refractivity contribution in [2.75, 3.05) is 7.11 Å². The standard InChI is InChI=1S/C27H26N2O5/c1-18-22(19(2)34-29-18)17-33-23-13-11-20(16-25(23)31-3)12-14-26(30)28-27(24-10-7-15-32-24)21-8-5-4-6-9-21/h4-16,27H,17H2,1-3H3,(H,28,30)/b14-12+. The number of carbonyl (C=O) groups is 1. The minimum absolute atomic E-state index is 0.247. The second-order valence-electron chi connectivity index (χ2n) is 7.70. The van der Waals surface area contributed by atoms with Crippen LogP contribution in [0.1, 0.15) is 39.9 Å². The molecule has 0 saturated heterocycles. The number of nitrogens with zero attached hydrogens (tertiary/aromatic N) is 1. The lowest BCUT2D eigenvalue weighted by molar-refractivity contribution is -0.117. The maximum atomic E-state index is 12.7. The van der Waals surface area contributed by atoms with Crippen molar-refractivity contribution >= 4 is 12.0 Å². The Labute approximate surface area is 198 Å². The molecule has 0 aliphatic heterocycles. The van der Waals surface area contributed by atoms with E-state index in [9.17, 15) is 4.79 Å². The van der Waals surface area contributed by atoms with E-state index in [1.54, 1.807) is 25.5 Å². The molecule has 2 aromatic carbocycles. The van der Waals surface area contributed by atoms with Gasteiger partial charge in [0.1, 0.15) is 24.2 Å². The Hall–Kier alpha value is -4.26. The van der Waals surface area contributed by atoms with E-state index in [1.807, 2.05) is 68.4 Å². The minimum atomic E-state index is -0.386. The van der Waals surface area contributed by atoms with Crippen molar-refractivity contribution in [1.82, 2.24) is 10.5 Å². The van der Waals surface area contributed by atoms with Crippen LogP contribution in [0.4, 0.5) is 0 Å². The molecule has 4 rings (SSSR count). The highest BCUT2D eigenvalue weighted by molar-refractivity contribution is 5.92. The maximum Gasteiger partial charge on any atom is 0.244 e. The molecule has 1 N–H and O–H groups in total. The van der Waals surface area contributed by atoms with Gasteiger partial charge in [-0.2, -0.15) is 0 Å². The zero-order valence-corrected chi connectivity index (χ0v) is 19.3. The number of benzene rings is 2. The molecular weight excluding hydrogens is 432 g/mol. The van der Waals surface area contributed by atoms with Gasteiger partial charge in [0.15, 0.2) is 11.5 Å². The van der Waals surface area contributed by atoms with Crippen molar-refractivity contribution in [3.05, 3.63) is 107 Å². The summed E-state index contributed by atoms with van der Waals surface area (Å²) in [7, 11) is 1.58. The molecule has 7 heteroatoms. The third-order valence-corrected chi connectivity index (χ3v) is 5.42. The molecule has 1 atom stereocenters. The summed E-state index contributed by atoms with van der Waals surface area (Å²) in [5.41, 5.74) is 3.43. The Morgan fingerprint density at radius 2 is 1.91 bits per heavy atom. The Bertz CT molecular complexity index is 1240. The van der Waals surface area contributed by atoms with E-state index in [2.05, 4.69) is 10.5 Å². The molecule has 0 aliphatic carbocycles. The summed E-state index contributed by atoms with van der Waals surface area (Å²) in [4.78, 5) is 12.7. The largest absolute Gasteiger partial charge is 0.493 e. The van der Waals surface area contributed by atoms with E-state index in [0.29, 0.717) is 23.9 Å². The number of nitrogens with one attached hydrogen (secondary N) is 1. The SMILES string of the molecule is COc1cc(/C=C/C(=O)NC(c2ccccc2)c2ccco2)ccc1OCc1c(C)noc1C. The summed E-state index contributed by atoms with van der Waals surface area (Å²) in [5.74, 6) is 2.29. The first kappa shape index (κ1) is 22.9. The lowest BCUT2D eigenvalue weighted by Gasteiger charge is -2.16. The highest BCUT2D eigenvalue weighted by Crippen LogP contribution is 2.30. The maximum absolute atomic E-state index is 12.7. The van der Waals surface area contributed by atoms with Gasteiger partial charge in [-0.15, -0.1) is 0 Å². The quantitative estimate of drug-likeness (QED) is 0.338. The zero-order valence-electron chi connectivity index (χ0n) is 19.3. The number of hydrogen-bond acceptors (Lipinski definition) is 6. The molecule has 0 radical (unpaired) electrons. The molecule has 34 heavy (non-hydrogen) atoms. The van der Waals surface area contributed by atoms with Crippen LogP contribution >= 0.6 is 0 Å². The van der Waals surface area contributed by atoms with Gasteiger partial charge in [-0.25, -0.2) is 0 Å². The van der Waals surface area contributed by atoms with E-state index >= 15 is 0 Å². The molecule has 0 saturated carbocycles. The van der Waals surface area contributed by atoms with Crippen molar-refractivity contribution in [1.29, 1.82) is 0 Å². The van der Waals surface area contributed by atoms with Crippen molar-refractivity contribution in [3.63, 3.8) is 0 Å². The number of amides is 1. The normalized spacial score (nSPS) is 12.0. The smallest absolute Gasteiger partial charge is 0.244 e. The van der Waals surface area contributed by atoms with Crippen LogP contribution in [0, 0.1) is 13.8 Å². The van der Waals surface area contributed by atoms with E-state index in [0.717, 1.165) is 28.1 Å². The van der Waals surface area contributed by atoms with Crippen LogP contribution in [0.15, 0.2) is 81.9 Å². The van der Waals surface area contributed by atoms with Crippen LogP contribution in [-0.2, 0) is 11.4 Å². The number of aromatic nitrogens is 1. The first-order chi connectivity index (χ1) is 16.5. The van der Waals surface area contributed by atoms with Gasteiger partial charge in [-0.3, -0.25) is 4.79 Å². The highest BCUT2D eigenvalue weighted by Gasteiger charge is 2.18. The van der Waals surface area contributed by atoms with Crippen LogP contribution in [0.5, 0.6) is 11.5 Å². The van der Waals surface area contributed by atoms with Gasteiger partial charge < -0.3 is 23.7 Å². The van der Waals surface area contributed by atoms with E-state index in [1.165, 1.54) is 6.08 Å². The number of rotatable bonds is 9. The van der Waals surface area contributed by atoms with E-state index in [4.69, 9.17) is 18.4 Å². The van der Waals surface area contributed by atoms with Crippen molar-refractivity contribution in [2.45, 2.75) is 26.5 Å². The Balaban J connectivity index is 1.44. The van der Waals surface area contributed by atoms with E-state index in [-0.39, 0.29) is 11.9 Å². The number of aryl methyl sites for hydroxylation is 2. The molecule has 1 unspecified atom stereocenters. The van der Waals surface area contributed by atoms with Crippen LogP contribution in [-0.4, -0.2) is 18.2 Å². The average molecular weight is 459 g/mol. The van der Waals surface area contributed by atoms with Gasteiger partial charge in [-0.05, 0) is 55.3 Å². The van der Waals surface area contributed by atoms with Crippen LogP contribution in [0.2, 0.25) is 0 Å². The van der Waals surface area contributed by atoms with Crippen molar-refractivity contribution in [2.24, 2.45) is 0 Å². The summed E-state index contributed by atoms with van der Waals surface area (Å²) < 4.78 is 22.1. The molecular formula is C27H26N2O5. The molecule has 7 nitrogen and oxygen atoms in total. The van der Waals surface area contributed by atoms with Crippen molar-refractivity contribution < 1.29 is 23.2 Å². The fourth-order valence-electron chi connectivity index (χ4n) is 3.55. The predicted octanol–water partition coefficient (Wildman–Crippen LogP) is 5.39. The fraction of sp³-hybridized carbons (Fsp3) is 0.185. The lowest BCUT2D eigenvalue weighted by atomic mass is 10.0. The molecule has 0 aliphatic rings. The molecule has 0 fully saturated rings. The molecule has 1 amide bonds. The van der Waals surface area contributed by atoms with Gasteiger partial charge in [0.05, 0.1) is 24.6 Å². The predicted molar refractivity (Wildman–Crippen MR) is 127 cm³/mol. The molecule has 0 bridgehead atoms. The van der Waals surface area contributed by atoms with Gasteiger partial charge in [-0.1, -0.05) is 41.6 Å². The first-order valence-corrected chi connectivity index (χ1v) is 10.8. The summed E-state index contributed by atoms with van der Waals surface area (Å²) in [6, 6.07) is 18.4. The molecule has 174 valence electrons. The third kappa shape index (κ3) is 5.38. The average Bonchev–Trinajstić information content (AvgIpc) is 3.51. The summed E-state index contributed by atoms with van der Waals surface area (Å²) in [6.07, 6.45) is 4.80. The number of furan rings is 1. The lowest BCUT2D eigenvalue weighted by Crippen LogP contribution is -2.27. The summed E-state index contributed by atoms with van der Waals surface area (Å²) in [6.45, 7) is 4.05. The minimum Gasteiger partial charge on any atom is -0.493 e. The Kier molecular flexibility index (Phi) is 7.13. The monoisotopic (exact) mass is 458 g/mol. The molecule has 2 aromatic heterocycles. The summed E-state index contributed by atoms with van der Waals surface area (Å²) >= 11 is 0. The second-order valence-corrected chi connectivity index (χ2v) is 7.70. The number of hydrogen-bond donors (Lipinski definition) is 1. The van der Waals surface area contributed by atoms with Crippen LogP contribution < -0.4 is 14.8 Å². The van der Waals surface area contributed by atoms with Crippen LogP contribution in [0.3, 0.4) is 0 Å². The van der Waals surface area contributed by atoms with Crippen LogP contribution in [0.25, 0.3) is 6.08 Å². The Morgan fingerprint density at radius 3 is 2.59 bits per heavy atom.